The number of carbonyl (C=O) groups is 4. The molecule has 3 rings (SSSR count). The van der Waals surface area contributed by atoms with E-state index in [1.807, 2.05) is 20.8 Å². The Balaban J connectivity index is 2.23. The Kier molecular flexibility index (Phi) is 7.64. The molecular weight excluding hydrogens is 450 g/mol. The molecule has 0 bridgehead atoms. The van der Waals surface area contributed by atoms with Crippen LogP contribution in [0.4, 0.5) is 0 Å². The molecule has 6 N–H and O–H groups in total. The minimum absolute atomic E-state index is 0.00397. The number of primary amides is 1. The number of carboxylic acid groups (broad SMARTS) is 1. The summed E-state index contributed by atoms with van der Waals surface area (Å²) in [4.78, 5) is 55.0. The summed E-state index contributed by atoms with van der Waals surface area (Å²) in [5.41, 5.74) is 10.5. The molecule has 4 atom stereocenters. The van der Waals surface area contributed by atoms with Crippen LogP contribution in [0.15, 0.2) is 24.3 Å². The van der Waals surface area contributed by atoms with Crippen molar-refractivity contribution in [3.63, 3.8) is 0 Å². The van der Waals surface area contributed by atoms with Gasteiger partial charge in [0, 0.05) is 31.1 Å². The Morgan fingerprint density at radius 3 is 2.23 bits per heavy atom. The molecule has 0 aliphatic carbocycles. The Morgan fingerprint density at radius 1 is 1.11 bits per heavy atom. The number of fused-ring (bicyclic) bond motifs is 1. The number of hydrogen-bond acceptors (Lipinski definition) is 6. The number of hydrogen-bond donors (Lipinski definition) is 4. The lowest BCUT2D eigenvalue weighted by Crippen LogP contribution is -2.58. The van der Waals surface area contributed by atoms with Gasteiger partial charge in [-0.3, -0.25) is 34.4 Å². The summed E-state index contributed by atoms with van der Waals surface area (Å²) < 4.78 is 0. The number of unbranched alkanes of at least 4 members (excludes halogenated alkanes) is 1. The molecule has 190 valence electrons. The van der Waals surface area contributed by atoms with Crippen LogP contribution >= 0.6 is 0 Å². The van der Waals surface area contributed by atoms with Crippen molar-refractivity contribution >= 4 is 29.5 Å². The summed E-state index contributed by atoms with van der Waals surface area (Å²) >= 11 is 0. The highest BCUT2D eigenvalue weighted by atomic mass is 16.4. The van der Waals surface area contributed by atoms with E-state index in [-0.39, 0.29) is 43.6 Å². The first-order valence-corrected chi connectivity index (χ1v) is 12.0. The maximum atomic E-state index is 13.7. The number of imide groups is 1. The van der Waals surface area contributed by atoms with Gasteiger partial charge in [-0.25, -0.2) is 0 Å². The Hall–Kier alpha value is -3.27. The number of nitrogens with zero attached hydrogens (tertiary/aromatic N) is 2. The number of nitrogens with two attached hydrogens (primary N) is 2. The van der Waals surface area contributed by atoms with Crippen molar-refractivity contribution in [3.05, 3.63) is 35.4 Å². The predicted molar refractivity (Wildman–Crippen MR) is 129 cm³/mol. The van der Waals surface area contributed by atoms with E-state index in [2.05, 4.69) is 0 Å². The van der Waals surface area contributed by atoms with Gasteiger partial charge in [0.05, 0.1) is 11.8 Å². The molecule has 4 unspecified atom stereocenters. The second kappa shape index (κ2) is 10.2. The van der Waals surface area contributed by atoms with Crippen LogP contribution in [0.3, 0.4) is 0 Å². The van der Waals surface area contributed by atoms with Crippen LogP contribution in [-0.4, -0.2) is 63.1 Å². The molecule has 0 saturated carbocycles. The molecule has 10 nitrogen and oxygen atoms in total. The number of amides is 3. The topological polar surface area (TPSA) is 171 Å². The van der Waals surface area contributed by atoms with Crippen LogP contribution in [-0.2, 0) is 19.2 Å². The maximum Gasteiger partial charge on any atom is 0.325 e. The average molecular weight is 486 g/mol. The van der Waals surface area contributed by atoms with Gasteiger partial charge in [-0.05, 0) is 24.3 Å². The summed E-state index contributed by atoms with van der Waals surface area (Å²) in [7, 11) is 0. The van der Waals surface area contributed by atoms with Gasteiger partial charge in [-0.15, -0.1) is 0 Å². The van der Waals surface area contributed by atoms with Gasteiger partial charge in [-0.1, -0.05) is 51.5 Å². The number of nitrogens with one attached hydrogen (secondary N) is 1. The van der Waals surface area contributed by atoms with E-state index in [0.29, 0.717) is 17.5 Å². The van der Waals surface area contributed by atoms with E-state index < -0.39 is 41.2 Å². The van der Waals surface area contributed by atoms with E-state index in [1.54, 1.807) is 29.2 Å². The molecule has 2 heterocycles. The van der Waals surface area contributed by atoms with Crippen LogP contribution < -0.4 is 11.5 Å². The first kappa shape index (κ1) is 26.3. The number of likely N-dealkylation sites (tertiary alicyclic amines) is 2. The Labute approximate surface area is 205 Å². The average Bonchev–Trinajstić information content (AvgIpc) is 3.20. The maximum absolute atomic E-state index is 13.7. The van der Waals surface area contributed by atoms with Crippen molar-refractivity contribution in [2.45, 2.75) is 58.0 Å². The number of rotatable bonds is 11. The van der Waals surface area contributed by atoms with Gasteiger partial charge >= 0.3 is 5.97 Å². The van der Waals surface area contributed by atoms with Gasteiger partial charge in [0.1, 0.15) is 11.4 Å². The zero-order chi connectivity index (χ0) is 26.1. The first-order valence-electron chi connectivity index (χ1n) is 12.0. The number of carboxylic acids is 1. The highest BCUT2D eigenvalue weighted by Crippen LogP contribution is 2.57. The van der Waals surface area contributed by atoms with Crippen LogP contribution in [0.5, 0.6) is 0 Å². The van der Waals surface area contributed by atoms with Crippen molar-refractivity contribution in [3.8, 4) is 0 Å². The minimum Gasteiger partial charge on any atom is -0.480 e. The smallest absolute Gasteiger partial charge is 0.325 e. The van der Waals surface area contributed by atoms with Crippen LogP contribution in [0.1, 0.15) is 63.6 Å². The number of carbonyl (C=O) groups excluding carboxylic acids is 3. The molecule has 1 aromatic carbocycles. The molecular formula is C25H35N5O5. The Bertz CT molecular complexity index is 1020. The SMILES string of the molecule is CCCCN1C(=O)C2C(c3ccc(C(=N)N)cc3)N(CCC(N)=O)C(CC(C)C)(C(=O)O)C2C1=O. The van der Waals surface area contributed by atoms with Crippen LogP contribution in [0, 0.1) is 23.2 Å². The molecule has 35 heavy (non-hydrogen) atoms. The van der Waals surface area contributed by atoms with E-state index in [1.165, 1.54) is 4.90 Å². The summed E-state index contributed by atoms with van der Waals surface area (Å²) in [5, 5.41) is 18.3. The van der Waals surface area contributed by atoms with Crippen molar-refractivity contribution in [1.82, 2.24) is 9.80 Å². The molecule has 10 heteroatoms. The number of aliphatic carboxylic acids is 1. The third-order valence-corrected chi connectivity index (χ3v) is 7.13. The predicted octanol–water partition coefficient (Wildman–Crippen LogP) is 1.47. The number of amidine groups is 1. The third kappa shape index (κ3) is 4.54. The highest BCUT2D eigenvalue weighted by Gasteiger charge is 2.71. The van der Waals surface area contributed by atoms with Crippen LogP contribution in [0.2, 0.25) is 0 Å². The summed E-state index contributed by atoms with van der Waals surface area (Å²) in [6, 6.07) is 5.93. The minimum atomic E-state index is -1.67. The van der Waals surface area contributed by atoms with E-state index in [0.717, 1.165) is 6.42 Å². The van der Waals surface area contributed by atoms with Crippen molar-refractivity contribution in [2.24, 2.45) is 29.2 Å². The zero-order valence-corrected chi connectivity index (χ0v) is 20.5. The third-order valence-electron chi connectivity index (χ3n) is 7.13. The summed E-state index contributed by atoms with van der Waals surface area (Å²) in [5.74, 6) is -4.86. The molecule has 3 amide bonds. The molecule has 2 saturated heterocycles. The second-order valence-corrected chi connectivity index (χ2v) is 9.90. The van der Waals surface area contributed by atoms with Crippen molar-refractivity contribution < 1.29 is 24.3 Å². The van der Waals surface area contributed by atoms with Gasteiger partial charge < -0.3 is 16.6 Å². The number of nitrogen functional groups attached to an aromatic ring is 1. The lowest BCUT2D eigenvalue weighted by atomic mass is 9.75. The quantitative estimate of drug-likeness (QED) is 0.209. The molecule has 2 aliphatic rings. The standard InChI is InChI=1S/C25H35N5O5/c1-4-5-11-29-22(32)18-19(23(29)33)25(24(34)35,13-14(2)3)30(12-10-17(26)31)20(18)15-6-8-16(9-7-15)21(27)28/h6-9,14,18-20H,4-5,10-13H2,1-3H3,(H2,26,31)(H3,27,28)(H,34,35). The molecule has 0 spiro atoms. The van der Waals surface area contributed by atoms with Gasteiger partial charge in [0.2, 0.25) is 17.7 Å². The second-order valence-electron chi connectivity index (χ2n) is 9.90. The molecule has 2 aliphatic heterocycles. The van der Waals surface area contributed by atoms with E-state index in [9.17, 15) is 24.3 Å². The molecule has 1 aromatic rings. The fourth-order valence-electron chi connectivity index (χ4n) is 5.75. The van der Waals surface area contributed by atoms with Gasteiger partial charge in [0.25, 0.3) is 0 Å². The van der Waals surface area contributed by atoms with Crippen molar-refractivity contribution in [2.75, 3.05) is 13.1 Å². The fourth-order valence-corrected chi connectivity index (χ4v) is 5.75. The summed E-state index contributed by atoms with van der Waals surface area (Å²) in [6.07, 6.45) is 1.43. The molecule has 2 fully saturated rings. The number of benzene rings is 1. The van der Waals surface area contributed by atoms with E-state index >= 15 is 0 Å². The fraction of sp³-hybridized carbons (Fsp3) is 0.560. The largest absolute Gasteiger partial charge is 0.480 e. The van der Waals surface area contributed by atoms with Crippen LogP contribution in [0.25, 0.3) is 0 Å². The van der Waals surface area contributed by atoms with Gasteiger partial charge in [0.15, 0.2) is 0 Å². The summed E-state index contributed by atoms with van der Waals surface area (Å²) in [6.45, 7) is 5.94. The molecule has 0 radical (unpaired) electrons. The lowest BCUT2D eigenvalue weighted by molar-refractivity contribution is -0.160. The molecule has 0 aromatic heterocycles. The Morgan fingerprint density at radius 2 is 1.74 bits per heavy atom. The van der Waals surface area contributed by atoms with E-state index in [4.69, 9.17) is 16.9 Å². The normalized spacial score (nSPS) is 26.4. The van der Waals surface area contributed by atoms with Gasteiger partial charge in [-0.2, -0.15) is 0 Å². The lowest BCUT2D eigenvalue weighted by Gasteiger charge is -2.41. The highest BCUT2D eigenvalue weighted by molar-refractivity contribution is 6.09. The van der Waals surface area contributed by atoms with Crippen molar-refractivity contribution in [1.29, 1.82) is 5.41 Å². The monoisotopic (exact) mass is 485 g/mol. The first-order chi connectivity index (χ1) is 16.5. The zero-order valence-electron chi connectivity index (χ0n) is 20.5.